The fourth-order valence-electron chi connectivity index (χ4n) is 4.42. The van der Waals surface area contributed by atoms with E-state index in [4.69, 9.17) is 14.2 Å². The molecule has 168 valence electrons. The number of rotatable bonds is 8. The lowest BCUT2D eigenvalue weighted by Gasteiger charge is -2.42. The van der Waals surface area contributed by atoms with E-state index in [1.54, 1.807) is 14.2 Å². The van der Waals surface area contributed by atoms with Gasteiger partial charge < -0.3 is 19.3 Å². The first-order valence-corrected chi connectivity index (χ1v) is 11.0. The third kappa shape index (κ3) is 4.96. The van der Waals surface area contributed by atoms with Gasteiger partial charge in [-0.3, -0.25) is 4.90 Å². The average Bonchev–Trinajstić information content (AvgIpc) is 2.85. The Kier molecular flexibility index (Phi) is 7.10. The summed E-state index contributed by atoms with van der Waals surface area (Å²) >= 11 is 0. The minimum atomic E-state index is -1.23. The first-order chi connectivity index (χ1) is 15.6. The van der Waals surface area contributed by atoms with Crippen LogP contribution in [0.4, 0.5) is 0 Å². The van der Waals surface area contributed by atoms with Crippen LogP contribution >= 0.6 is 0 Å². The van der Waals surface area contributed by atoms with Gasteiger partial charge in [0.05, 0.1) is 20.8 Å². The largest absolute Gasteiger partial charge is 0.497 e. The van der Waals surface area contributed by atoms with Gasteiger partial charge in [0.1, 0.15) is 23.2 Å². The van der Waals surface area contributed by atoms with Gasteiger partial charge in [0.15, 0.2) is 0 Å². The highest BCUT2D eigenvalue weighted by molar-refractivity contribution is 5.42. The number of hydrogen-bond acceptors (Lipinski definition) is 5. The Morgan fingerprint density at radius 2 is 1.69 bits per heavy atom. The third-order valence-corrected chi connectivity index (χ3v) is 6.15. The van der Waals surface area contributed by atoms with Crippen LogP contribution < -0.4 is 9.47 Å². The van der Waals surface area contributed by atoms with Crippen LogP contribution in [0.5, 0.6) is 11.5 Å². The monoisotopic (exact) mass is 433 g/mol. The van der Waals surface area contributed by atoms with Gasteiger partial charge in [0.25, 0.3) is 0 Å². The van der Waals surface area contributed by atoms with Gasteiger partial charge in [-0.25, -0.2) is 0 Å². The second kappa shape index (κ2) is 10.2. The molecule has 1 aliphatic heterocycles. The molecule has 3 aromatic rings. The van der Waals surface area contributed by atoms with Crippen molar-refractivity contribution in [3.63, 3.8) is 0 Å². The van der Waals surface area contributed by atoms with Crippen molar-refractivity contribution in [3.05, 3.63) is 95.6 Å². The topological polar surface area (TPSA) is 51.2 Å². The van der Waals surface area contributed by atoms with Crippen LogP contribution in [0.3, 0.4) is 0 Å². The summed E-state index contributed by atoms with van der Waals surface area (Å²) < 4.78 is 17.2. The lowest BCUT2D eigenvalue weighted by Crippen LogP contribution is -2.53. The van der Waals surface area contributed by atoms with E-state index >= 15 is 0 Å². The van der Waals surface area contributed by atoms with E-state index in [0.717, 1.165) is 35.7 Å². The van der Waals surface area contributed by atoms with E-state index in [9.17, 15) is 5.11 Å². The summed E-state index contributed by atoms with van der Waals surface area (Å²) in [5.41, 5.74) is 1.74. The normalized spacial score (nSPS) is 18.7. The standard InChI is InChI=1S/C27H31NO4/c1-30-24-13-14-25(31-2)22(17-24)18-27(29,23-11-7-4-8-12-23)26-20-28(15-16-32-26)19-21-9-5-3-6-10-21/h3-14,17,26,29H,15-16,18-20H2,1-2H3/t26?,27-/m1/s1. The van der Waals surface area contributed by atoms with E-state index in [-0.39, 0.29) is 0 Å². The average molecular weight is 434 g/mol. The molecule has 1 saturated heterocycles. The van der Waals surface area contributed by atoms with Crippen molar-refractivity contribution in [1.29, 1.82) is 0 Å². The van der Waals surface area contributed by atoms with Gasteiger partial charge in [-0.2, -0.15) is 0 Å². The molecule has 1 heterocycles. The van der Waals surface area contributed by atoms with Gasteiger partial charge in [-0.15, -0.1) is 0 Å². The van der Waals surface area contributed by atoms with Crippen LogP contribution in [-0.2, 0) is 23.3 Å². The van der Waals surface area contributed by atoms with Crippen LogP contribution in [0.2, 0.25) is 0 Å². The molecule has 1 N–H and O–H groups in total. The number of ether oxygens (including phenoxy) is 3. The molecule has 0 aromatic heterocycles. The molecule has 0 aliphatic carbocycles. The molecule has 1 aliphatic rings. The summed E-state index contributed by atoms with van der Waals surface area (Å²) in [6.45, 7) is 2.86. The highest BCUT2D eigenvalue weighted by Gasteiger charge is 2.42. The lowest BCUT2D eigenvalue weighted by atomic mass is 9.81. The van der Waals surface area contributed by atoms with Gasteiger partial charge in [0, 0.05) is 31.6 Å². The Labute approximate surface area is 190 Å². The molecule has 1 unspecified atom stereocenters. The van der Waals surface area contributed by atoms with Crippen molar-refractivity contribution in [2.45, 2.75) is 24.7 Å². The molecule has 5 heteroatoms. The summed E-state index contributed by atoms with van der Waals surface area (Å²) in [7, 11) is 3.28. The van der Waals surface area contributed by atoms with Crippen molar-refractivity contribution in [2.24, 2.45) is 0 Å². The molecule has 1 fully saturated rings. The second-order valence-corrected chi connectivity index (χ2v) is 8.22. The number of hydrogen-bond donors (Lipinski definition) is 1. The van der Waals surface area contributed by atoms with Crippen molar-refractivity contribution in [3.8, 4) is 11.5 Å². The molecule has 0 saturated carbocycles. The van der Waals surface area contributed by atoms with Crippen molar-refractivity contribution < 1.29 is 19.3 Å². The minimum absolute atomic E-state index is 0.348. The third-order valence-electron chi connectivity index (χ3n) is 6.15. The van der Waals surface area contributed by atoms with Gasteiger partial charge in [-0.1, -0.05) is 60.7 Å². The summed E-state index contributed by atoms with van der Waals surface area (Å²) in [4.78, 5) is 2.35. The highest BCUT2D eigenvalue weighted by Crippen LogP contribution is 2.37. The molecule has 2 atom stereocenters. The molecular formula is C27H31NO4. The number of morpholine rings is 1. The van der Waals surface area contributed by atoms with Gasteiger partial charge in [-0.05, 0) is 29.3 Å². The SMILES string of the molecule is COc1ccc(OC)c(C[C@@](O)(c2ccccc2)C2CN(Cc3ccccc3)CCO2)c1. The molecule has 0 radical (unpaired) electrons. The van der Waals surface area contributed by atoms with Crippen molar-refractivity contribution in [2.75, 3.05) is 33.9 Å². The fraction of sp³-hybridized carbons (Fsp3) is 0.333. The van der Waals surface area contributed by atoms with E-state index < -0.39 is 11.7 Å². The van der Waals surface area contributed by atoms with Crippen LogP contribution in [0, 0.1) is 0 Å². The van der Waals surface area contributed by atoms with Crippen LogP contribution in [0.15, 0.2) is 78.9 Å². The molecule has 5 nitrogen and oxygen atoms in total. The van der Waals surface area contributed by atoms with Crippen LogP contribution in [0.25, 0.3) is 0 Å². The molecule has 0 bridgehead atoms. The van der Waals surface area contributed by atoms with E-state index in [0.29, 0.717) is 19.6 Å². The van der Waals surface area contributed by atoms with Crippen molar-refractivity contribution >= 4 is 0 Å². The Morgan fingerprint density at radius 3 is 2.38 bits per heavy atom. The Bertz CT molecular complexity index is 995. The Balaban J connectivity index is 1.65. The highest BCUT2D eigenvalue weighted by atomic mass is 16.5. The summed E-state index contributed by atoms with van der Waals surface area (Å²) in [6.07, 6.45) is -0.0420. The van der Waals surface area contributed by atoms with E-state index in [1.807, 2.05) is 54.6 Å². The zero-order valence-corrected chi connectivity index (χ0v) is 18.7. The maximum atomic E-state index is 12.2. The van der Waals surface area contributed by atoms with E-state index in [2.05, 4.69) is 29.2 Å². The summed E-state index contributed by atoms with van der Waals surface area (Å²) in [6, 6.07) is 25.9. The van der Waals surface area contributed by atoms with Crippen LogP contribution in [0.1, 0.15) is 16.7 Å². The van der Waals surface area contributed by atoms with Crippen LogP contribution in [-0.4, -0.2) is 50.0 Å². The Hall–Kier alpha value is -2.86. The zero-order chi connectivity index (χ0) is 22.4. The second-order valence-electron chi connectivity index (χ2n) is 8.22. The molecule has 4 rings (SSSR count). The summed E-state index contributed by atoms with van der Waals surface area (Å²) in [5, 5.41) is 12.2. The fourth-order valence-corrected chi connectivity index (χ4v) is 4.42. The smallest absolute Gasteiger partial charge is 0.122 e. The minimum Gasteiger partial charge on any atom is -0.497 e. The molecule has 0 amide bonds. The maximum absolute atomic E-state index is 12.2. The van der Waals surface area contributed by atoms with Gasteiger partial charge >= 0.3 is 0 Å². The lowest BCUT2D eigenvalue weighted by molar-refractivity contribution is -0.150. The first-order valence-electron chi connectivity index (χ1n) is 11.0. The quantitative estimate of drug-likeness (QED) is 0.581. The molecule has 3 aromatic carbocycles. The number of aliphatic hydroxyl groups is 1. The number of nitrogens with zero attached hydrogens (tertiary/aromatic N) is 1. The number of methoxy groups -OCH3 is 2. The predicted molar refractivity (Wildman–Crippen MR) is 125 cm³/mol. The number of benzene rings is 3. The van der Waals surface area contributed by atoms with E-state index in [1.165, 1.54) is 5.56 Å². The van der Waals surface area contributed by atoms with Crippen molar-refractivity contribution in [1.82, 2.24) is 4.90 Å². The molecule has 0 spiro atoms. The van der Waals surface area contributed by atoms with Gasteiger partial charge in [0.2, 0.25) is 0 Å². The maximum Gasteiger partial charge on any atom is 0.122 e. The zero-order valence-electron chi connectivity index (χ0n) is 18.7. The Morgan fingerprint density at radius 1 is 0.969 bits per heavy atom. The first kappa shape index (κ1) is 22.3. The molecule has 32 heavy (non-hydrogen) atoms. The molecular weight excluding hydrogens is 402 g/mol. The summed E-state index contributed by atoms with van der Waals surface area (Å²) in [5.74, 6) is 1.45. The predicted octanol–water partition coefficient (Wildman–Crippen LogP) is 4.04.